The van der Waals surface area contributed by atoms with Crippen LogP contribution >= 0.6 is 11.6 Å². The predicted octanol–water partition coefficient (Wildman–Crippen LogP) is 3.42. The number of halogens is 1. The number of benzene rings is 2. The van der Waals surface area contributed by atoms with Crippen molar-refractivity contribution in [2.75, 3.05) is 0 Å². The SMILES string of the molecule is N=C(N)c1ccccc1Oc1cccc(Cl)c1. The smallest absolute Gasteiger partial charge is 0.138 e. The second-order valence-electron chi connectivity index (χ2n) is 3.47. The van der Waals surface area contributed by atoms with Gasteiger partial charge in [0.2, 0.25) is 0 Å². The number of ether oxygens (including phenoxy) is 1. The van der Waals surface area contributed by atoms with Gasteiger partial charge in [0, 0.05) is 5.02 Å². The van der Waals surface area contributed by atoms with Gasteiger partial charge in [0.05, 0.1) is 5.56 Å². The van der Waals surface area contributed by atoms with E-state index in [4.69, 9.17) is 27.5 Å². The van der Waals surface area contributed by atoms with Gasteiger partial charge in [-0.15, -0.1) is 0 Å². The second kappa shape index (κ2) is 4.89. The summed E-state index contributed by atoms with van der Waals surface area (Å²) in [6.45, 7) is 0. The molecule has 0 bridgehead atoms. The molecule has 3 nitrogen and oxygen atoms in total. The lowest BCUT2D eigenvalue weighted by atomic mass is 10.2. The molecule has 0 aliphatic heterocycles. The van der Waals surface area contributed by atoms with Crippen LogP contribution < -0.4 is 10.5 Å². The molecule has 2 aromatic rings. The first-order valence-electron chi connectivity index (χ1n) is 5.03. The highest BCUT2D eigenvalue weighted by Crippen LogP contribution is 2.26. The summed E-state index contributed by atoms with van der Waals surface area (Å²) < 4.78 is 5.65. The molecule has 0 spiro atoms. The molecule has 17 heavy (non-hydrogen) atoms. The summed E-state index contributed by atoms with van der Waals surface area (Å²) in [5.74, 6) is 1.14. The Labute approximate surface area is 104 Å². The van der Waals surface area contributed by atoms with Gasteiger partial charge in [-0.1, -0.05) is 29.8 Å². The minimum atomic E-state index is -0.0253. The van der Waals surface area contributed by atoms with Crippen LogP contribution in [0.5, 0.6) is 11.5 Å². The summed E-state index contributed by atoms with van der Waals surface area (Å²) >= 11 is 5.87. The summed E-state index contributed by atoms with van der Waals surface area (Å²) in [4.78, 5) is 0. The van der Waals surface area contributed by atoms with E-state index in [1.54, 1.807) is 36.4 Å². The summed E-state index contributed by atoms with van der Waals surface area (Å²) in [5.41, 5.74) is 6.04. The molecule has 0 saturated carbocycles. The quantitative estimate of drug-likeness (QED) is 0.644. The molecule has 3 N–H and O–H groups in total. The standard InChI is InChI=1S/C13H11ClN2O/c14-9-4-3-5-10(8-9)17-12-7-2-1-6-11(12)13(15)16/h1-8H,(H3,15,16). The lowest BCUT2D eigenvalue weighted by Gasteiger charge is -2.09. The van der Waals surface area contributed by atoms with Crippen molar-refractivity contribution >= 4 is 17.4 Å². The fourth-order valence-corrected chi connectivity index (χ4v) is 1.62. The van der Waals surface area contributed by atoms with Gasteiger partial charge in [0.1, 0.15) is 17.3 Å². The first-order valence-corrected chi connectivity index (χ1v) is 5.41. The molecule has 0 aliphatic rings. The van der Waals surface area contributed by atoms with Crippen LogP contribution in [0.15, 0.2) is 48.5 Å². The molecule has 0 fully saturated rings. The summed E-state index contributed by atoms with van der Waals surface area (Å²) in [7, 11) is 0. The van der Waals surface area contributed by atoms with Crippen molar-refractivity contribution in [3.63, 3.8) is 0 Å². The summed E-state index contributed by atoms with van der Waals surface area (Å²) in [6, 6.07) is 14.2. The second-order valence-corrected chi connectivity index (χ2v) is 3.91. The Morgan fingerprint density at radius 1 is 1.12 bits per heavy atom. The average Bonchev–Trinajstić information content (AvgIpc) is 2.29. The Kier molecular flexibility index (Phi) is 3.30. The van der Waals surface area contributed by atoms with E-state index in [1.807, 2.05) is 12.1 Å². The van der Waals surface area contributed by atoms with Crippen molar-refractivity contribution in [2.24, 2.45) is 5.73 Å². The molecular formula is C13H11ClN2O. The van der Waals surface area contributed by atoms with Crippen LogP contribution in [0, 0.1) is 5.41 Å². The van der Waals surface area contributed by atoms with Crippen LogP contribution in [-0.4, -0.2) is 5.84 Å². The Morgan fingerprint density at radius 2 is 1.88 bits per heavy atom. The first kappa shape index (κ1) is 11.5. The molecule has 0 unspecified atom stereocenters. The number of amidine groups is 1. The van der Waals surface area contributed by atoms with E-state index in [0.29, 0.717) is 22.1 Å². The van der Waals surface area contributed by atoms with Crippen LogP contribution in [0.25, 0.3) is 0 Å². The van der Waals surface area contributed by atoms with E-state index in [-0.39, 0.29) is 5.84 Å². The summed E-state index contributed by atoms with van der Waals surface area (Å²) in [6.07, 6.45) is 0. The molecule has 0 heterocycles. The third-order valence-corrected chi connectivity index (χ3v) is 2.44. The monoisotopic (exact) mass is 246 g/mol. The number of nitrogens with one attached hydrogen (secondary N) is 1. The van der Waals surface area contributed by atoms with Gasteiger partial charge < -0.3 is 10.5 Å². The largest absolute Gasteiger partial charge is 0.457 e. The molecule has 0 radical (unpaired) electrons. The van der Waals surface area contributed by atoms with Gasteiger partial charge in [-0.05, 0) is 30.3 Å². The van der Waals surface area contributed by atoms with Crippen molar-refractivity contribution in [1.29, 1.82) is 5.41 Å². The fourth-order valence-electron chi connectivity index (χ4n) is 1.44. The predicted molar refractivity (Wildman–Crippen MR) is 69.0 cm³/mol. The van der Waals surface area contributed by atoms with E-state index in [2.05, 4.69) is 0 Å². The Bertz CT molecular complexity index is 555. The van der Waals surface area contributed by atoms with Gasteiger partial charge in [-0.2, -0.15) is 0 Å². The zero-order valence-electron chi connectivity index (χ0n) is 8.98. The van der Waals surface area contributed by atoms with Crippen LogP contribution in [0.2, 0.25) is 5.02 Å². The van der Waals surface area contributed by atoms with Crippen molar-refractivity contribution in [3.05, 3.63) is 59.1 Å². The number of para-hydroxylation sites is 1. The van der Waals surface area contributed by atoms with Gasteiger partial charge in [0.15, 0.2) is 0 Å². The lowest BCUT2D eigenvalue weighted by molar-refractivity contribution is 0.481. The molecule has 0 saturated heterocycles. The molecule has 0 atom stereocenters. The number of nitrogen functional groups attached to an aromatic ring is 1. The molecule has 4 heteroatoms. The lowest BCUT2D eigenvalue weighted by Crippen LogP contribution is -2.12. The number of rotatable bonds is 3. The van der Waals surface area contributed by atoms with E-state index in [1.165, 1.54) is 0 Å². The minimum absolute atomic E-state index is 0.0253. The van der Waals surface area contributed by atoms with E-state index >= 15 is 0 Å². The summed E-state index contributed by atoms with van der Waals surface area (Å²) in [5, 5.41) is 8.06. The first-order chi connectivity index (χ1) is 8.16. The number of hydrogen-bond acceptors (Lipinski definition) is 2. The number of nitrogens with two attached hydrogens (primary N) is 1. The maximum absolute atomic E-state index is 7.46. The van der Waals surface area contributed by atoms with Crippen LogP contribution in [0.1, 0.15) is 5.56 Å². The van der Waals surface area contributed by atoms with Crippen molar-refractivity contribution < 1.29 is 4.74 Å². The zero-order chi connectivity index (χ0) is 12.3. The highest BCUT2D eigenvalue weighted by molar-refractivity contribution is 6.30. The highest BCUT2D eigenvalue weighted by Gasteiger charge is 2.06. The van der Waals surface area contributed by atoms with E-state index in [0.717, 1.165) is 0 Å². The third-order valence-electron chi connectivity index (χ3n) is 2.20. The topological polar surface area (TPSA) is 59.1 Å². The minimum Gasteiger partial charge on any atom is -0.457 e. The molecule has 0 amide bonds. The molecular weight excluding hydrogens is 236 g/mol. The molecule has 2 aromatic carbocycles. The Hall–Kier alpha value is -2.00. The van der Waals surface area contributed by atoms with E-state index < -0.39 is 0 Å². The van der Waals surface area contributed by atoms with Crippen LogP contribution in [-0.2, 0) is 0 Å². The van der Waals surface area contributed by atoms with E-state index in [9.17, 15) is 0 Å². The van der Waals surface area contributed by atoms with Gasteiger partial charge in [-0.25, -0.2) is 0 Å². The highest BCUT2D eigenvalue weighted by atomic mass is 35.5. The molecule has 0 aliphatic carbocycles. The van der Waals surface area contributed by atoms with Gasteiger partial charge in [-0.3, -0.25) is 5.41 Å². The van der Waals surface area contributed by atoms with Crippen LogP contribution in [0.3, 0.4) is 0 Å². The molecule has 0 aromatic heterocycles. The maximum Gasteiger partial charge on any atom is 0.138 e. The third kappa shape index (κ3) is 2.77. The van der Waals surface area contributed by atoms with Gasteiger partial charge in [0.25, 0.3) is 0 Å². The Morgan fingerprint density at radius 3 is 2.59 bits per heavy atom. The molecule has 2 rings (SSSR count). The molecule has 86 valence electrons. The normalized spacial score (nSPS) is 9.94. The van der Waals surface area contributed by atoms with Crippen molar-refractivity contribution in [3.8, 4) is 11.5 Å². The average molecular weight is 247 g/mol. The van der Waals surface area contributed by atoms with Gasteiger partial charge >= 0.3 is 0 Å². The van der Waals surface area contributed by atoms with Crippen molar-refractivity contribution in [2.45, 2.75) is 0 Å². The fraction of sp³-hybridized carbons (Fsp3) is 0. The van der Waals surface area contributed by atoms with Crippen molar-refractivity contribution in [1.82, 2.24) is 0 Å². The Balaban J connectivity index is 2.33. The number of hydrogen-bond donors (Lipinski definition) is 2. The zero-order valence-corrected chi connectivity index (χ0v) is 9.74. The maximum atomic E-state index is 7.46. The van der Waals surface area contributed by atoms with Crippen LogP contribution in [0.4, 0.5) is 0 Å².